The highest BCUT2D eigenvalue weighted by Crippen LogP contribution is 2.23. The zero-order valence-electron chi connectivity index (χ0n) is 15.3. The Bertz CT molecular complexity index is 847. The lowest BCUT2D eigenvalue weighted by molar-refractivity contribution is 0.290. The van der Waals surface area contributed by atoms with Crippen molar-refractivity contribution in [2.24, 2.45) is 7.05 Å². The minimum absolute atomic E-state index is 0.398. The number of aromatic nitrogens is 3. The summed E-state index contributed by atoms with van der Waals surface area (Å²) in [6.45, 7) is 2.54. The van der Waals surface area contributed by atoms with E-state index in [0.29, 0.717) is 6.61 Å². The molecule has 0 amide bonds. The van der Waals surface area contributed by atoms with Crippen molar-refractivity contribution in [3.8, 4) is 11.5 Å². The lowest BCUT2D eigenvalue weighted by atomic mass is 10.2. The molecule has 0 aliphatic carbocycles. The molecule has 136 valence electrons. The topological polar surface area (TPSA) is 49.2 Å². The number of methoxy groups -OCH3 is 1. The molecule has 0 saturated heterocycles. The van der Waals surface area contributed by atoms with Gasteiger partial charge in [-0.05, 0) is 41.8 Å². The average molecular weight is 369 g/mol. The van der Waals surface area contributed by atoms with Crippen LogP contribution in [0.2, 0.25) is 0 Å². The first-order valence-electron chi connectivity index (χ1n) is 8.55. The normalized spacial score (nSPS) is 10.7. The lowest BCUT2D eigenvalue weighted by Crippen LogP contribution is -2.04. The number of thioether (sulfide) groups is 1. The highest BCUT2D eigenvalue weighted by Gasteiger charge is 2.10. The van der Waals surface area contributed by atoms with E-state index in [1.54, 1.807) is 18.9 Å². The van der Waals surface area contributed by atoms with E-state index in [0.717, 1.165) is 34.7 Å². The first-order valence-corrected chi connectivity index (χ1v) is 9.54. The fourth-order valence-electron chi connectivity index (χ4n) is 2.48. The van der Waals surface area contributed by atoms with E-state index in [9.17, 15) is 0 Å². The summed E-state index contributed by atoms with van der Waals surface area (Å²) >= 11 is 1.65. The standard InChI is InChI=1S/C20H23N3O2S/c1-4-15-8-10-17(11-9-15)25-13-19-21-22-20(23(19)2)26-14-16-6-5-7-18(12-16)24-3/h5-12H,4,13-14H2,1-3H3. The number of aryl methyl sites for hydroxylation is 1. The molecule has 1 aromatic heterocycles. The van der Waals surface area contributed by atoms with Crippen LogP contribution in [0.15, 0.2) is 53.7 Å². The predicted molar refractivity (Wildman–Crippen MR) is 104 cm³/mol. The molecule has 0 radical (unpaired) electrons. The Labute approximate surface area is 158 Å². The van der Waals surface area contributed by atoms with Crippen LogP contribution < -0.4 is 9.47 Å². The molecule has 0 unspecified atom stereocenters. The van der Waals surface area contributed by atoms with E-state index in [1.165, 1.54) is 11.1 Å². The van der Waals surface area contributed by atoms with Crippen LogP contribution >= 0.6 is 11.8 Å². The van der Waals surface area contributed by atoms with E-state index in [2.05, 4.69) is 35.3 Å². The molecule has 3 aromatic rings. The number of nitrogens with zero attached hydrogens (tertiary/aromatic N) is 3. The van der Waals surface area contributed by atoms with Gasteiger partial charge in [-0.3, -0.25) is 0 Å². The second-order valence-electron chi connectivity index (χ2n) is 5.88. The molecule has 0 aliphatic rings. The van der Waals surface area contributed by atoms with Gasteiger partial charge in [-0.1, -0.05) is 43.0 Å². The Hall–Kier alpha value is -2.47. The highest BCUT2D eigenvalue weighted by atomic mass is 32.2. The van der Waals surface area contributed by atoms with Crippen molar-refractivity contribution in [1.29, 1.82) is 0 Å². The monoisotopic (exact) mass is 369 g/mol. The zero-order valence-corrected chi connectivity index (χ0v) is 16.1. The minimum atomic E-state index is 0.398. The SMILES string of the molecule is CCc1ccc(OCc2nnc(SCc3cccc(OC)c3)n2C)cc1. The molecule has 2 aromatic carbocycles. The Balaban J connectivity index is 1.58. The Morgan fingerprint density at radius 2 is 1.81 bits per heavy atom. The fraction of sp³-hybridized carbons (Fsp3) is 0.300. The Morgan fingerprint density at radius 1 is 1.00 bits per heavy atom. The van der Waals surface area contributed by atoms with Crippen LogP contribution in [0.3, 0.4) is 0 Å². The largest absolute Gasteiger partial charge is 0.497 e. The first kappa shape index (κ1) is 18.3. The molecule has 0 N–H and O–H groups in total. The summed E-state index contributed by atoms with van der Waals surface area (Å²) in [4.78, 5) is 0. The molecule has 3 rings (SSSR count). The van der Waals surface area contributed by atoms with Gasteiger partial charge in [-0.2, -0.15) is 0 Å². The maximum absolute atomic E-state index is 5.83. The van der Waals surface area contributed by atoms with Crippen molar-refractivity contribution in [3.63, 3.8) is 0 Å². The second-order valence-corrected chi connectivity index (χ2v) is 6.83. The summed E-state index contributed by atoms with van der Waals surface area (Å²) in [5.74, 6) is 3.32. The molecule has 1 heterocycles. The molecule has 5 nitrogen and oxygen atoms in total. The number of hydrogen-bond donors (Lipinski definition) is 0. The van der Waals surface area contributed by atoms with Gasteiger partial charge in [0.1, 0.15) is 18.1 Å². The van der Waals surface area contributed by atoms with Crippen molar-refractivity contribution < 1.29 is 9.47 Å². The summed E-state index contributed by atoms with van der Waals surface area (Å²) in [5.41, 5.74) is 2.48. The van der Waals surface area contributed by atoms with Crippen molar-refractivity contribution in [2.75, 3.05) is 7.11 Å². The molecule has 0 atom stereocenters. The van der Waals surface area contributed by atoms with Gasteiger partial charge < -0.3 is 14.0 Å². The van der Waals surface area contributed by atoms with Gasteiger partial charge in [0.05, 0.1) is 7.11 Å². The third kappa shape index (κ3) is 4.58. The summed E-state index contributed by atoms with van der Waals surface area (Å²) in [6.07, 6.45) is 1.03. The molecule has 0 saturated carbocycles. The molecule has 0 aliphatic heterocycles. The number of ether oxygens (including phenoxy) is 2. The third-order valence-corrected chi connectivity index (χ3v) is 5.22. The summed E-state index contributed by atoms with van der Waals surface area (Å²) in [7, 11) is 3.64. The molecular weight excluding hydrogens is 346 g/mol. The Kier molecular flexibility index (Phi) is 6.17. The van der Waals surface area contributed by atoms with Crippen molar-refractivity contribution in [2.45, 2.75) is 30.9 Å². The predicted octanol–water partition coefficient (Wildman–Crippen LogP) is 4.26. The van der Waals surface area contributed by atoms with Crippen LogP contribution in [0.4, 0.5) is 0 Å². The molecule has 0 spiro atoms. The number of benzene rings is 2. The maximum atomic E-state index is 5.83. The number of hydrogen-bond acceptors (Lipinski definition) is 5. The third-order valence-electron chi connectivity index (χ3n) is 4.13. The van der Waals surface area contributed by atoms with E-state index < -0.39 is 0 Å². The van der Waals surface area contributed by atoms with Gasteiger partial charge in [-0.25, -0.2) is 0 Å². The lowest BCUT2D eigenvalue weighted by Gasteiger charge is -2.07. The van der Waals surface area contributed by atoms with Crippen LogP contribution in [0.1, 0.15) is 23.9 Å². The van der Waals surface area contributed by atoms with E-state index in [1.807, 2.05) is 41.9 Å². The number of rotatable bonds is 8. The maximum Gasteiger partial charge on any atom is 0.191 e. The average Bonchev–Trinajstić information content (AvgIpc) is 3.05. The summed E-state index contributed by atoms with van der Waals surface area (Å²) in [5, 5.41) is 9.40. The summed E-state index contributed by atoms with van der Waals surface area (Å²) < 4.78 is 13.1. The molecule has 0 fully saturated rings. The smallest absolute Gasteiger partial charge is 0.191 e. The summed E-state index contributed by atoms with van der Waals surface area (Å²) in [6, 6.07) is 16.2. The van der Waals surface area contributed by atoms with E-state index in [-0.39, 0.29) is 0 Å². The van der Waals surface area contributed by atoms with Crippen LogP contribution in [0, 0.1) is 0 Å². The van der Waals surface area contributed by atoms with Gasteiger partial charge in [0.25, 0.3) is 0 Å². The van der Waals surface area contributed by atoms with Crippen molar-refractivity contribution in [3.05, 3.63) is 65.5 Å². The van der Waals surface area contributed by atoms with Gasteiger partial charge >= 0.3 is 0 Å². The quantitative estimate of drug-likeness (QED) is 0.555. The zero-order chi connectivity index (χ0) is 18.4. The van der Waals surface area contributed by atoms with Crippen molar-refractivity contribution in [1.82, 2.24) is 14.8 Å². The fourth-order valence-corrected chi connectivity index (χ4v) is 3.35. The van der Waals surface area contributed by atoms with E-state index >= 15 is 0 Å². The first-order chi connectivity index (χ1) is 12.7. The van der Waals surface area contributed by atoms with Crippen LogP contribution in [0.5, 0.6) is 11.5 Å². The molecule has 0 bridgehead atoms. The highest BCUT2D eigenvalue weighted by molar-refractivity contribution is 7.98. The molecule has 6 heteroatoms. The van der Waals surface area contributed by atoms with Gasteiger partial charge in [0, 0.05) is 12.8 Å². The molecular formula is C20H23N3O2S. The van der Waals surface area contributed by atoms with Gasteiger partial charge in [-0.15, -0.1) is 10.2 Å². The minimum Gasteiger partial charge on any atom is -0.497 e. The van der Waals surface area contributed by atoms with Crippen LogP contribution in [-0.4, -0.2) is 21.9 Å². The molecule has 26 heavy (non-hydrogen) atoms. The second kappa shape index (κ2) is 8.76. The van der Waals surface area contributed by atoms with Gasteiger partial charge in [0.15, 0.2) is 11.0 Å². The van der Waals surface area contributed by atoms with Crippen LogP contribution in [-0.2, 0) is 25.8 Å². The Morgan fingerprint density at radius 3 is 2.54 bits per heavy atom. The van der Waals surface area contributed by atoms with Gasteiger partial charge in [0.2, 0.25) is 0 Å². The van der Waals surface area contributed by atoms with Crippen molar-refractivity contribution >= 4 is 11.8 Å². The van der Waals surface area contributed by atoms with E-state index in [4.69, 9.17) is 9.47 Å². The van der Waals surface area contributed by atoms with Crippen LogP contribution in [0.25, 0.3) is 0 Å².